The lowest BCUT2D eigenvalue weighted by atomic mass is 9.45. The first kappa shape index (κ1) is 26.5. The maximum Gasteiger partial charge on any atom is 0.252 e. The van der Waals surface area contributed by atoms with Crippen LogP contribution in [0.15, 0.2) is 0 Å². The monoisotopic (exact) mass is 517 g/mol. The first-order valence-corrected chi connectivity index (χ1v) is 15.6. The second-order valence-electron chi connectivity index (χ2n) is 14.2. The lowest BCUT2D eigenvalue weighted by molar-refractivity contribution is -0.179. The molecule has 0 radical (unpaired) electrons. The third-order valence-electron chi connectivity index (χ3n) is 11.8. The van der Waals surface area contributed by atoms with E-state index >= 15 is 0 Å². The van der Waals surface area contributed by atoms with Gasteiger partial charge in [0, 0.05) is 18.7 Å². The molecule has 37 heavy (non-hydrogen) atoms. The van der Waals surface area contributed by atoms with E-state index in [4.69, 9.17) is 18.9 Å². The minimum absolute atomic E-state index is 0.0119. The molecule has 1 unspecified atom stereocenters. The maximum atomic E-state index is 13.7. The molecule has 0 aromatic carbocycles. The van der Waals surface area contributed by atoms with Crippen LogP contribution in [0.4, 0.5) is 0 Å². The molecule has 6 aliphatic rings. The Morgan fingerprint density at radius 1 is 0.946 bits per heavy atom. The fourth-order valence-corrected chi connectivity index (χ4v) is 9.82. The summed E-state index contributed by atoms with van der Waals surface area (Å²) in [5.41, 5.74) is 0.426. The highest BCUT2D eigenvalue weighted by atomic mass is 16.7. The predicted octanol–water partition coefficient (Wildman–Crippen LogP) is 5.72. The van der Waals surface area contributed by atoms with Crippen molar-refractivity contribution in [2.75, 3.05) is 26.4 Å². The Morgan fingerprint density at radius 2 is 1.81 bits per heavy atom. The minimum Gasteiger partial charge on any atom is -0.375 e. The zero-order valence-corrected chi connectivity index (χ0v) is 23.8. The molecule has 9 atom stereocenters. The molecule has 210 valence electrons. The molecule has 3 heterocycles. The number of carbonyl (C=O) groups is 1. The number of hydrogen-bond acceptors (Lipinski definition) is 5. The van der Waals surface area contributed by atoms with Crippen molar-refractivity contribution in [3.63, 3.8) is 0 Å². The van der Waals surface area contributed by atoms with Crippen LogP contribution in [-0.4, -0.2) is 66.8 Å². The summed E-state index contributed by atoms with van der Waals surface area (Å²) in [7, 11) is 0. The quantitative estimate of drug-likeness (QED) is 0.478. The van der Waals surface area contributed by atoms with Crippen LogP contribution in [0.2, 0.25) is 0 Å². The molecule has 6 rings (SSSR count). The highest BCUT2D eigenvalue weighted by molar-refractivity contribution is 5.82. The van der Waals surface area contributed by atoms with Gasteiger partial charge in [0.1, 0.15) is 12.2 Å². The number of nitrogens with zero attached hydrogens (tertiary/aromatic N) is 1. The van der Waals surface area contributed by atoms with Crippen LogP contribution in [0.3, 0.4) is 0 Å². The summed E-state index contributed by atoms with van der Waals surface area (Å²) >= 11 is 0. The van der Waals surface area contributed by atoms with Crippen LogP contribution in [0, 0.1) is 29.1 Å². The van der Waals surface area contributed by atoms with Crippen LogP contribution >= 0.6 is 0 Å². The lowest BCUT2D eigenvalue weighted by Gasteiger charge is -2.64. The van der Waals surface area contributed by atoms with Crippen LogP contribution in [0.25, 0.3) is 0 Å². The SMILES string of the molecule is CC1(C)OC[C@H](CO[C@H]2CC[C@@]3(C)C(CC[C@@H]4[C@@H]3CC[C@@]3(C)[C@H]4CCCN3C(=O)[C@@H]3CCCCO3)C2)O1. The fourth-order valence-electron chi connectivity index (χ4n) is 9.82. The topological polar surface area (TPSA) is 57.2 Å². The highest BCUT2D eigenvalue weighted by Crippen LogP contribution is 2.63. The number of likely N-dealkylation sites (tertiary alicyclic amines) is 1. The molecule has 0 N–H and O–H groups in total. The van der Waals surface area contributed by atoms with E-state index < -0.39 is 5.79 Å². The first-order chi connectivity index (χ1) is 17.7. The lowest BCUT2D eigenvalue weighted by Crippen LogP contribution is -2.66. The van der Waals surface area contributed by atoms with Gasteiger partial charge in [-0.25, -0.2) is 0 Å². The molecule has 3 aliphatic carbocycles. The second kappa shape index (κ2) is 10.1. The van der Waals surface area contributed by atoms with E-state index in [0.29, 0.717) is 36.6 Å². The third kappa shape index (κ3) is 4.80. The maximum absolute atomic E-state index is 13.7. The van der Waals surface area contributed by atoms with Gasteiger partial charge in [0.25, 0.3) is 5.91 Å². The Balaban J connectivity index is 1.10. The largest absolute Gasteiger partial charge is 0.375 e. The number of amides is 1. The summed E-state index contributed by atoms with van der Waals surface area (Å²) in [4.78, 5) is 16.0. The summed E-state index contributed by atoms with van der Waals surface area (Å²) < 4.78 is 24.1. The molecule has 6 heteroatoms. The average Bonchev–Trinajstić information content (AvgIpc) is 3.25. The van der Waals surface area contributed by atoms with Gasteiger partial charge in [0.05, 0.1) is 19.3 Å². The van der Waals surface area contributed by atoms with Gasteiger partial charge < -0.3 is 23.8 Å². The van der Waals surface area contributed by atoms with Gasteiger partial charge in [-0.05, 0) is 127 Å². The summed E-state index contributed by atoms with van der Waals surface area (Å²) in [5, 5.41) is 0. The van der Waals surface area contributed by atoms with E-state index in [2.05, 4.69) is 18.7 Å². The number of fused-ring (bicyclic) bond motifs is 5. The summed E-state index contributed by atoms with van der Waals surface area (Å²) in [6, 6.07) is 0. The predicted molar refractivity (Wildman–Crippen MR) is 142 cm³/mol. The Kier molecular flexibility index (Phi) is 7.21. The Hall–Kier alpha value is -0.690. The average molecular weight is 518 g/mol. The molecular weight excluding hydrogens is 466 g/mol. The number of carbonyl (C=O) groups excluding carboxylic acids is 1. The molecular formula is C31H51NO5. The molecule has 3 aliphatic heterocycles. The smallest absolute Gasteiger partial charge is 0.252 e. The van der Waals surface area contributed by atoms with E-state index in [1.807, 2.05) is 13.8 Å². The normalized spacial score (nSPS) is 47.6. The highest BCUT2D eigenvalue weighted by Gasteiger charge is 2.59. The zero-order valence-electron chi connectivity index (χ0n) is 23.8. The summed E-state index contributed by atoms with van der Waals surface area (Å²) in [6.07, 6.45) is 14.5. The molecule has 3 saturated carbocycles. The molecule has 1 amide bonds. The molecule has 3 saturated heterocycles. The van der Waals surface area contributed by atoms with E-state index in [-0.39, 0.29) is 17.7 Å². The van der Waals surface area contributed by atoms with Gasteiger partial charge in [0.15, 0.2) is 5.79 Å². The third-order valence-corrected chi connectivity index (χ3v) is 11.8. The molecule has 0 aromatic rings. The molecule has 6 fully saturated rings. The van der Waals surface area contributed by atoms with Gasteiger partial charge in [-0.3, -0.25) is 4.79 Å². The van der Waals surface area contributed by atoms with Crippen molar-refractivity contribution in [2.24, 2.45) is 29.1 Å². The van der Waals surface area contributed by atoms with Gasteiger partial charge in [-0.1, -0.05) is 6.92 Å². The number of rotatable bonds is 4. The first-order valence-electron chi connectivity index (χ1n) is 15.6. The molecule has 0 bridgehead atoms. The van der Waals surface area contributed by atoms with Crippen molar-refractivity contribution in [2.45, 2.75) is 134 Å². The van der Waals surface area contributed by atoms with Crippen molar-refractivity contribution in [1.82, 2.24) is 4.90 Å². The molecule has 0 aromatic heterocycles. The molecule has 6 nitrogen and oxygen atoms in total. The van der Waals surface area contributed by atoms with Gasteiger partial charge in [-0.2, -0.15) is 0 Å². The van der Waals surface area contributed by atoms with Crippen LogP contribution in [0.5, 0.6) is 0 Å². The van der Waals surface area contributed by atoms with E-state index in [9.17, 15) is 4.79 Å². The van der Waals surface area contributed by atoms with Gasteiger partial charge >= 0.3 is 0 Å². The number of hydrogen-bond donors (Lipinski definition) is 0. The summed E-state index contributed by atoms with van der Waals surface area (Å²) in [5.74, 6) is 2.76. The zero-order chi connectivity index (χ0) is 25.8. The summed E-state index contributed by atoms with van der Waals surface area (Å²) in [6.45, 7) is 12.0. The Bertz CT molecular complexity index is 841. The fraction of sp³-hybridized carbons (Fsp3) is 0.968. The Morgan fingerprint density at radius 3 is 2.57 bits per heavy atom. The van der Waals surface area contributed by atoms with Crippen LogP contribution in [0.1, 0.15) is 105 Å². The standard InChI is InChI=1S/C31H51NO5/c1-29(2)36-20-23(37-29)19-35-22-12-14-30(3)21(18-22)10-11-24-25(30)13-15-31(4)26(24)8-7-16-32(31)28(33)27-9-5-6-17-34-27/h21-27H,5-20H2,1-4H3/t21?,22-,23-,24+,25-,26-,27-,30-,31-/m0/s1. The van der Waals surface area contributed by atoms with Crippen molar-refractivity contribution < 1.29 is 23.7 Å². The van der Waals surface area contributed by atoms with Crippen LogP contribution < -0.4 is 0 Å². The van der Waals surface area contributed by atoms with Crippen molar-refractivity contribution >= 4 is 5.91 Å². The van der Waals surface area contributed by atoms with Crippen molar-refractivity contribution in [1.29, 1.82) is 0 Å². The van der Waals surface area contributed by atoms with E-state index in [0.717, 1.165) is 63.0 Å². The second-order valence-corrected chi connectivity index (χ2v) is 14.2. The Labute approximate surface area is 224 Å². The van der Waals surface area contributed by atoms with E-state index in [1.54, 1.807) is 0 Å². The molecule has 0 spiro atoms. The van der Waals surface area contributed by atoms with Gasteiger partial charge in [-0.15, -0.1) is 0 Å². The number of piperidine rings is 1. The minimum atomic E-state index is -0.476. The van der Waals surface area contributed by atoms with Crippen LogP contribution in [-0.2, 0) is 23.7 Å². The van der Waals surface area contributed by atoms with E-state index in [1.165, 1.54) is 44.9 Å². The van der Waals surface area contributed by atoms with Crippen molar-refractivity contribution in [3.05, 3.63) is 0 Å². The van der Waals surface area contributed by atoms with Gasteiger partial charge in [0.2, 0.25) is 0 Å². The van der Waals surface area contributed by atoms with Crippen molar-refractivity contribution in [3.8, 4) is 0 Å². The number of ether oxygens (including phenoxy) is 4.